The van der Waals surface area contributed by atoms with Crippen LogP contribution in [0.1, 0.15) is 226 Å². The molecule has 6 nitrogen and oxygen atoms in total. The largest absolute Gasteiger partial charge is 0.462 e. The van der Waals surface area contributed by atoms with Crippen molar-refractivity contribution in [3.05, 3.63) is 97.2 Å². The Kier molecular flexibility index (Phi) is 48.0. The van der Waals surface area contributed by atoms with E-state index in [2.05, 4.69) is 106 Å². The number of rotatable bonds is 45. The summed E-state index contributed by atoms with van der Waals surface area (Å²) in [6.07, 6.45) is 67.0. The fourth-order valence-corrected chi connectivity index (χ4v) is 6.80. The lowest BCUT2D eigenvalue weighted by molar-refractivity contribution is -0.166. The highest BCUT2D eigenvalue weighted by Gasteiger charge is 2.19. The average Bonchev–Trinajstić information content (AvgIpc) is 3.28. The van der Waals surface area contributed by atoms with E-state index in [0.29, 0.717) is 25.7 Å². The lowest BCUT2D eigenvalue weighted by Gasteiger charge is -2.18. The van der Waals surface area contributed by atoms with Crippen LogP contribution in [-0.4, -0.2) is 37.2 Å². The van der Waals surface area contributed by atoms with Gasteiger partial charge in [0, 0.05) is 19.3 Å². The Morgan fingerprint density at radius 1 is 0.333 bits per heavy atom. The summed E-state index contributed by atoms with van der Waals surface area (Å²) < 4.78 is 16.7. The first-order valence-corrected chi connectivity index (χ1v) is 25.7. The van der Waals surface area contributed by atoms with Gasteiger partial charge in [0.05, 0.1) is 0 Å². The zero-order valence-corrected chi connectivity index (χ0v) is 40.8. The quantitative estimate of drug-likeness (QED) is 0.0262. The summed E-state index contributed by atoms with van der Waals surface area (Å²) in [5, 5.41) is 0. The molecule has 0 saturated carbocycles. The van der Waals surface area contributed by atoms with Gasteiger partial charge in [-0.2, -0.15) is 0 Å². The maximum Gasteiger partial charge on any atom is 0.306 e. The second kappa shape index (κ2) is 51.0. The number of carbonyl (C=O) groups excluding carboxylic acids is 3. The van der Waals surface area contributed by atoms with Crippen LogP contribution >= 0.6 is 0 Å². The van der Waals surface area contributed by atoms with E-state index in [9.17, 15) is 14.4 Å². The van der Waals surface area contributed by atoms with Crippen molar-refractivity contribution in [2.24, 2.45) is 0 Å². The zero-order valence-electron chi connectivity index (χ0n) is 40.8. The van der Waals surface area contributed by atoms with E-state index in [1.165, 1.54) is 89.9 Å². The van der Waals surface area contributed by atoms with E-state index in [-0.39, 0.29) is 31.6 Å². The topological polar surface area (TPSA) is 78.9 Å². The van der Waals surface area contributed by atoms with Crippen molar-refractivity contribution < 1.29 is 28.6 Å². The van der Waals surface area contributed by atoms with E-state index in [0.717, 1.165) is 83.5 Å². The third-order valence-corrected chi connectivity index (χ3v) is 10.6. The Bertz CT molecular complexity index is 1280. The normalized spacial score (nSPS) is 12.9. The Morgan fingerprint density at radius 2 is 0.651 bits per heavy atom. The Labute approximate surface area is 387 Å². The van der Waals surface area contributed by atoms with E-state index < -0.39 is 12.1 Å². The van der Waals surface area contributed by atoms with E-state index in [1.807, 2.05) is 12.2 Å². The van der Waals surface area contributed by atoms with Gasteiger partial charge in [-0.05, 0) is 83.5 Å². The molecule has 358 valence electrons. The predicted octanol–water partition coefficient (Wildman–Crippen LogP) is 17.0. The molecule has 6 heteroatoms. The van der Waals surface area contributed by atoms with Crippen LogP contribution in [-0.2, 0) is 28.6 Å². The molecule has 0 aromatic carbocycles. The molecule has 1 unspecified atom stereocenters. The van der Waals surface area contributed by atoms with Crippen molar-refractivity contribution in [3.8, 4) is 0 Å². The Balaban J connectivity index is 4.50. The highest BCUT2D eigenvalue weighted by molar-refractivity contribution is 5.71. The van der Waals surface area contributed by atoms with Gasteiger partial charge >= 0.3 is 17.9 Å². The number of allylic oxidation sites excluding steroid dienone is 16. The predicted molar refractivity (Wildman–Crippen MR) is 270 cm³/mol. The van der Waals surface area contributed by atoms with Gasteiger partial charge in [0.1, 0.15) is 13.2 Å². The molecule has 0 heterocycles. The maximum atomic E-state index is 12.8. The van der Waals surface area contributed by atoms with E-state index in [4.69, 9.17) is 14.2 Å². The second-order valence-electron chi connectivity index (χ2n) is 16.7. The summed E-state index contributed by atoms with van der Waals surface area (Å²) in [7, 11) is 0. The fourth-order valence-electron chi connectivity index (χ4n) is 6.80. The Morgan fingerprint density at radius 3 is 1.03 bits per heavy atom. The summed E-state index contributed by atoms with van der Waals surface area (Å²) in [6, 6.07) is 0. The maximum absolute atomic E-state index is 12.8. The number of carbonyl (C=O) groups is 3. The fraction of sp³-hybridized carbons (Fsp3) is 0.667. The molecule has 0 aromatic heterocycles. The molecule has 0 aliphatic heterocycles. The van der Waals surface area contributed by atoms with Gasteiger partial charge in [0.2, 0.25) is 0 Å². The molecule has 0 saturated heterocycles. The number of hydrogen-bond acceptors (Lipinski definition) is 6. The van der Waals surface area contributed by atoms with Gasteiger partial charge in [-0.15, -0.1) is 0 Å². The van der Waals surface area contributed by atoms with Crippen molar-refractivity contribution in [2.45, 2.75) is 232 Å². The molecule has 0 amide bonds. The van der Waals surface area contributed by atoms with Crippen molar-refractivity contribution >= 4 is 17.9 Å². The van der Waals surface area contributed by atoms with Crippen molar-refractivity contribution in [1.82, 2.24) is 0 Å². The lowest BCUT2D eigenvalue weighted by Crippen LogP contribution is -2.30. The van der Waals surface area contributed by atoms with Gasteiger partial charge in [-0.1, -0.05) is 221 Å². The van der Waals surface area contributed by atoms with Crippen molar-refractivity contribution in [1.29, 1.82) is 0 Å². The molecule has 63 heavy (non-hydrogen) atoms. The molecule has 0 rings (SSSR count). The Hall–Kier alpha value is -3.67. The van der Waals surface area contributed by atoms with E-state index in [1.54, 1.807) is 0 Å². The van der Waals surface area contributed by atoms with Gasteiger partial charge < -0.3 is 14.2 Å². The lowest BCUT2D eigenvalue weighted by atomic mass is 10.0. The minimum absolute atomic E-state index is 0.118. The molecular formula is C57H94O6. The van der Waals surface area contributed by atoms with Crippen molar-refractivity contribution in [3.63, 3.8) is 0 Å². The molecule has 0 radical (unpaired) electrons. The molecule has 0 aliphatic rings. The smallest absolute Gasteiger partial charge is 0.306 e. The average molecular weight is 875 g/mol. The van der Waals surface area contributed by atoms with Gasteiger partial charge in [0.25, 0.3) is 0 Å². The number of ether oxygens (including phenoxy) is 3. The minimum Gasteiger partial charge on any atom is -0.462 e. The highest BCUT2D eigenvalue weighted by atomic mass is 16.6. The molecule has 0 bridgehead atoms. The third-order valence-electron chi connectivity index (χ3n) is 10.6. The summed E-state index contributed by atoms with van der Waals surface area (Å²) >= 11 is 0. The van der Waals surface area contributed by atoms with Crippen LogP contribution in [0.15, 0.2) is 97.2 Å². The molecule has 0 fully saturated rings. The van der Waals surface area contributed by atoms with Crippen LogP contribution in [0.5, 0.6) is 0 Å². The van der Waals surface area contributed by atoms with Crippen LogP contribution in [0.2, 0.25) is 0 Å². The summed E-state index contributed by atoms with van der Waals surface area (Å²) in [6.45, 7) is 6.31. The molecule has 0 N–H and O–H groups in total. The standard InChI is InChI=1S/C57H94O6/c1-4-7-10-13-16-19-22-25-27-29-31-32-35-38-41-44-47-50-56(59)62-53-54(52-61-55(58)49-46-43-40-37-34-24-21-18-15-12-9-6-3)63-57(60)51-48-45-42-39-36-33-30-28-26-23-20-17-14-11-8-5-2/h8-9,11-12,17-18,20-21,26,28,33-34,36-37,42,45,54H,4-7,10,13-16,19,22-25,27,29-32,35,38-41,43-44,46-53H2,1-3H3/b11-8-,12-9-,20-17-,21-18-,28-26-,36-33-,37-34-,45-42-. The first kappa shape index (κ1) is 59.3. The molecule has 0 aliphatic carbocycles. The van der Waals surface area contributed by atoms with E-state index >= 15 is 0 Å². The SMILES string of the molecule is CC/C=C\C/C=C\C/C=C\C/C=C\C/C=C\CCC(=O)OC(COC(=O)CCCC/C=C\C/C=C\C/C=C\CC)COC(=O)CCCCCCCCCCCCCCCCCCC. The van der Waals surface area contributed by atoms with Crippen LogP contribution in [0.4, 0.5) is 0 Å². The number of hydrogen-bond donors (Lipinski definition) is 0. The second-order valence-corrected chi connectivity index (χ2v) is 16.7. The molecule has 0 spiro atoms. The van der Waals surface area contributed by atoms with Crippen LogP contribution < -0.4 is 0 Å². The summed E-state index contributed by atoms with van der Waals surface area (Å²) in [5.74, 6) is -1.05. The first-order chi connectivity index (χ1) is 31.0. The molecule has 1 atom stereocenters. The zero-order chi connectivity index (χ0) is 45.8. The number of unbranched alkanes of at least 4 members (excludes halogenated alkanes) is 18. The van der Waals surface area contributed by atoms with Gasteiger partial charge in [-0.3, -0.25) is 14.4 Å². The summed E-state index contributed by atoms with van der Waals surface area (Å²) in [4.78, 5) is 37.9. The monoisotopic (exact) mass is 875 g/mol. The van der Waals surface area contributed by atoms with Crippen LogP contribution in [0.3, 0.4) is 0 Å². The number of esters is 3. The van der Waals surface area contributed by atoms with Crippen LogP contribution in [0.25, 0.3) is 0 Å². The summed E-state index contributed by atoms with van der Waals surface area (Å²) in [5.41, 5.74) is 0. The third kappa shape index (κ3) is 49.2. The molecular weight excluding hydrogens is 781 g/mol. The van der Waals surface area contributed by atoms with Gasteiger partial charge in [0.15, 0.2) is 6.10 Å². The van der Waals surface area contributed by atoms with Gasteiger partial charge in [-0.25, -0.2) is 0 Å². The first-order valence-electron chi connectivity index (χ1n) is 25.7. The van der Waals surface area contributed by atoms with Crippen LogP contribution in [0, 0.1) is 0 Å². The molecule has 0 aromatic rings. The highest BCUT2D eigenvalue weighted by Crippen LogP contribution is 2.15. The minimum atomic E-state index is -0.831. The van der Waals surface area contributed by atoms with Crippen molar-refractivity contribution in [2.75, 3.05) is 13.2 Å².